The molecule has 0 fully saturated rings. The molecule has 0 aliphatic carbocycles. The lowest BCUT2D eigenvalue weighted by Gasteiger charge is -2.17. The second-order valence-corrected chi connectivity index (χ2v) is 5.01. The fraction of sp³-hybridized carbons (Fsp3) is 0.286. The molecular weight excluding hydrogens is 309 g/mol. The molecule has 1 aromatic heterocycles. The van der Waals surface area contributed by atoms with Crippen molar-refractivity contribution in [1.82, 2.24) is 15.3 Å². The first-order valence-corrected chi connectivity index (χ1v) is 6.94. The maximum absolute atomic E-state index is 13.1. The number of nitrogens with zero attached hydrogens (tertiary/aromatic N) is 2. The van der Waals surface area contributed by atoms with E-state index < -0.39 is 0 Å². The van der Waals surface area contributed by atoms with Gasteiger partial charge < -0.3 is 5.32 Å². The van der Waals surface area contributed by atoms with Crippen LogP contribution in [0, 0.1) is 5.82 Å². The lowest BCUT2D eigenvalue weighted by atomic mass is 10.1. The number of benzene rings is 1. The first-order chi connectivity index (χ1) is 9.20. The Kier molecular flexibility index (Phi) is 4.99. The minimum atomic E-state index is -0.244. The Bertz CT molecular complexity index is 533. The molecule has 2 aromatic rings. The maximum atomic E-state index is 13.1. The molecule has 0 aliphatic rings. The highest BCUT2D eigenvalue weighted by molar-refractivity contribution is 9.10. The van der Waals surface area contributed by atoms with Gasteiger partial charge >= 0.3 is 0 Å². The second kappa shape index (κ2) is 6.73. The van der Waals surface area contributed by atoms with Gasteiger partial charge in [0.05, 0.1) is 6.04 Å². The number of hydrogen-bond donors (Lipinski definition) is 1. The Morgan fingerprint density at radius 1 is 1.32 bits per heavy atom. The summed E-state index contributed by atoms with van der Waals surface area (Å²) in [6, 6.07) is 6.54. The third kappa shape index (κ3) is 3.81. The minimum Gasteiger partial charge on any atom is -0.307 e. The Morgan fingerprint density at radius 2 is 2.05 bits per heavy atom. The predicted molar refractivity (Wildman–Crippen MR) is 76.3 cm³/mol. The van der Waals surface area contributed by atoms with Crippen LogP contribution in [0.1, 0.15) is 24.4 Å². The zero-order chi connectivity index (χ0) is 13.7. The topological polar surface area (TPSA) is 37.8 Å². The Morgan fingerprint density at radius 3 is 2.68 bits per heavy atom. The van der Waals surface area contributed by atoms with E-state index in [1.807, 2.05) is 6.92 Å². The quantitative estimate of drug-likeness (QED) is 0.917. The molecule has 100 valence electrons. The highest BCUT2D eigenvalue weighted by Crippen LogP contribution is 2.23. The summed E-state index contributed by atoms with van der Waals surface area (Å²) in [6.45, 7) is 2.86. The molecule has 0 bridgehead atoms. The van der Waals surface area contributed by atoms with E-state index in [9.17, 15) is 4.39 Å². The number of aromatic nitrogens is 2. The lowest BCUT2D eigenvalue weighted by Crippen LogP contribution is -2.25. The van der Waals surface area contributed by atoms with Crippen molar-refractivity contribution < 1.29 is 4.39 Å². The Labute approximate surface area is 120 Å². The van der Waals surface area contributed by atoms with E-state index in [2.05, 4.69) is 31.2 Å². The van der Waals surface area contributed by atoms with E-state index in [1.54, 1.807) is 24.5 Å². The largest absolute Gasteiger partial charge is 0.307 e. The summed E-state index contributed by atoms with van der Waals surface area (Å²) in [5, 5.41) is 3.35. The Balaban J connectivity index is 2.21. The van der Waals surface area contributed by atoms with Gasteiger partial charge in [0.25, 0.3) is 0 Å². The van der Waals surface area contributed by atoms with Crippen LogP contribution < -0.4 is 5.32 Å². The first-order valence-electron chi connectivity index (χ1n) is 6.15. The van der Waals surface area contributed by atoms with Gasteiger partial charge in [0.15, 0.2) is 0 Å². The van der Waals surface area contributed by atoms with E-state index in [0.717, 1.165) is 22.4 Å². The average Bonchev–Trinajstić information content (AvgIpc) is 2.42. The van der Waals surface area contributed by atoms with Crippen LogP contribution in [0.3, 0.4) is 0 Å². The highest BCUT2D eigenvalue weighted by atomic mass is 79.9. The van der Waals surface area contributed by atoms with Crippen LogP contribution in [0.5, 0.6) is 0 Å². The SMILES string of the molecule is CCNC(Cc1ccc(F)cc1Br)c1ncccn1. The normalized spacial score (nSPS) is 12.4. The predicted octanol–water partition coefficient (Wildman–Crippen LogP) is 3.27. The first kappa shape index (κ1) is 14.1. The van der Waals surface area contributed by atoms with Crippen molar-refractivity contribution in [2.75, 3.05) is 6.54 Å². The van der Waals surface area contributed by atoms with Crippen molar-refractivity contribution in [3.8, 4) is 0 Å². The molecule has 5 heteroatoms. The molecule has 0 aliphatic heterocycles. The van der Waals surface area contributed by atoms with Gasteiger partial charge in [0, 0.05) is 16.9 Å². The summed E-state index contributed by atoms with van der Waals surface area (Å²) < 4.78 is 13.9. The van der Waals surface area contributed by atoms with E-state index in [0.29, 0.717) is 6.42 Å². The van der Waals surface area contributed by atoms with Crippen LogP contribution >= 0.6 is 15.9 Å². The zero-order valence-electron chi connectivity index (χ0n) is 10.6. The fourth-order valence-electron chi connectivity index (χ4n) is 1.90. The number of halogens is 2. The third-order valence-corrected chi connectivity index (χ3v) is 3.53. The summed E-state index contributed by atoms with van der Waals surface area (Å²) >= 11 is 3.39. The molecule has 0 saturated carbocycles. The minimum absolute atomic E-state index is 0.0213. The Hall–Kier alpha value is -1.33. The van der Waals surface area contributed by atoms with Crippen molar-refractivity contribution in [1.29, 1.82) is 0 Å². The zero-order valence-corrected chi connectivity index (χ0v) is 12.2. The molecule has 1 N–H and O–H groups in total. The summed E-state index contributed by atoms with van der Waals surface area (Å²) in [5.74, 6) is 0.507. The molecule has 0 radical (unpaired) electrons. The van der Waals surface area contributed by atoms with Crippen molar-refractivity contribution >= 4 is 15.9 Å². The molecule has 3 nitrogen and oxygen atoms in total. The van der Waals surface area contributed by atoms with Crippen molar-refractivity contribution in [2.24, 2.45) is 0 Å². The van der Waals surface area contributed by atoms with Gasteiger partial charge in [-0.2, -0.15) is 0 Å². The molecule has 0 saturated heterocycles. The van der Waals surface area contributed by atoms with Crippen LogP contribution in [0.25, 0.3) is 0 Å². The summed E-state index contributed by atoms with van der Waals surface area (Å²) in [4.78, 5) is 8.56. The average molecular weight is 324 g/mol. The molecule has 1 heterocycles. The van der Waals surface area contributed by atoms with Crippen molar-refractivity contribution in [2.45, 2.75) is 19.4 Å². The standard InChI is InChI=1S/C14H15BrFN3/c1-2-17-13(14-18-6-3-7-19-14)8-10-4-5-11(16)9-12(10)15/h3-7,9,13,17H,2,8H2,1H3. The lowest BCUT2D eigenvalue weighted by molar-refractivity contribution is 0.520. The van der Waals surface area contributed by atoms with Gasteiger partial charge in [-0.05, 0) is 36.7 Å². The van der Waals surface area contributed by atoms with Gasteiger partial charge in [-0.3, -0.25) is 0 Å². The monoisotopic (exact) mass is 323 g/mol. The van der Waals surface area contributed by atoms with Crippen LogP contribution in [0.15, 0.2) is 41.1 Å². The van der Waals surface area contributed by atoms with Crippen LogP contribution in [0.4, 0.5) is 4.39 Å². The molecule has 1 atom stereocenters. The van der Waals surface area contributed by atoms with Gasteiger partial charge in [-0.15, -0.1) is 0 Å². The van der Waals surface area contributed by atoms with Gasteiger partial charge in [-0.25, -0.2) is 14.4 Å². The third-order valence-electron chi connectivity index (χ3n) is 2.79. The highest BCUT2D eigenvalue weighted by Gasteiger charge is 2.15. The molecule has 1 unspecified atom stereocenters. The molecule has 19 heavy (non-hydrogen) atoms. The maximum Gasteiger partial charge on any atom is 0.145 e. The number of nitrogens with one attached hydrogen (secondary N) is 1. The molecule has 2 rings (SSSR count). The molecular formula is C14H15BrFN3. The van der Waals surface area contributed by atoms with Crippen LogP contribution in [-0.4, -0.2) is 16.5 Å². The second-order valence-electron chi connectivity index (χ2n) is 4.16. The van der Waals surface area contributed by atoms with E-state index >= 15 is 0 Å². The summed E-state index contributed by atoms with van der Waals surface area (Å²) in [6.07, 6.45) is 4.16. The van der Waals surface area contributed by atoms with Crippen molar-refractivity contribution in [3.05, 3.63) is 58.3 Å². The summed E-state index contributed by atoms with van der Waals surface area (Å²) in [5.41, 5.74) is 1.03. The molecule has 1 aromatic carbocycles. The number of likely N-dealkylation sites (N-methyl/N-ethyl adjacent to an activating group) is 1. The van der Waals surface area contributed by atoms with E-state index in [4.69, 9.17) is 0 Å². The van der Waals surface area contributed by atoms with Gasteiger partial charge in [-0.1, -0.05) is 28.9 Å². The van der Waals surface area contributed by atoms with E-state index in [1.165, 1.54) is 12.1 Å². The van der Waals surface area contributed by atoms with Crippen LogP contribution in [0.2, 0.25) is 0 Å². The molecule has 0 amide bonds. The molecule has 0 spiro atoms. The van der Waals surface area contributed by atoms with Crippen LogP contribution in [-0.2, 0) is 6.42 Å². The fourth-order valence-corrected chi connectivity index (χ4v) is 2.41. The van der Waals surface area contributed by atoms with Gasteiger partial charge in [0.1, 0.15) is 11.6 Å². The number of hydrogen-bond acceptors (Lipinski definition) is 3. The van der Waals surface area contributed by atoms with Gasteiger partial charge in [0.2, 0.25) is 0 Å². The van der Waals surface area contributed by atoms with Crippen molar-refractivity contribution in [3.63, 3.8) is 0 Å². The smallest absolute Gasteiger partial charge is 0.145 e. The number of rotatable bonds is 5. The van der Waals surface area contributed by atoms with E-state index in [-0.39, 0.29) is 11.9 Å². The summed E-state index contributed by atoms with van der Waals surface area (Å²) in [7, 11) is 0.